The van der Waals surface area contributed by atoms with Crippen LogP contribution in [0.5, 0.6) is 0 Å². The van der Waals surface area contributed by atoms with E-state index in [1.54, 1.807) is 0 Å². The van der Waals surface area contributed by atoms with Crippen molar-refractivity contribution in [2.75, 3.05) is 57.5 Å². The average Bonchev–Trinajstić information content (AvgIpc) is 3.66. The predicted octanol–water partition coefficient (Wildman–Crippen LogP) is 7.67. The summed E-state index contributed by atoms with van der Waals surface area (Å²) >= 11 is 35.6. The summed E-state index contributed by atoms with van der Waals surface area (Å²) in [7, 11) is 0. The first-order valence-corrected chi connectivity index (χ1v) is 24.2. The van der Waals surface area contributed by atoms with Crippen molar-refractivity contribution in [3.05, 3.63) is 0 Å². The van der Waals surface area contributed by atoms with E-state index in [-0.39, 0.29) is 0 Å². The van der Waals surface area contributed by atoms with Gasteiger partial charge in [-0.3, -0.25) is 0 Å². The van der Waals surface area contributed by atoms with Gasteiger partial charge in [0.15, 0.2) is 0 Å². The van der Waals surface area contributed by atoms with E-state index in [9.17, 15) is 0 Å². The molecule has 0 radical (unpaired) electrons. The lowest BCUT2D eigenvalue weighted by molar-refractivity contribution is 0.655. The van der Waals surface area contributed by atoms with Gasteiger partial charge in [0.1, 0.15) is 0 Å². The minimum absolute atomic E-state index is 0.465. The number of thiol groups is 3. The van der Waals surface area contributed by atoms with E-state index in [0.29, 0.717) is 31.5 Å². The Morgan fingerprint density at radius 1 is 0.583 bits per heavy atom. The van der Waals surface area contributed by atoms with Crippen molar-refractivity contribution < 1.29 is 0 Å². The molecule has 5 saturated heterocycles. The molecule has 0 aliphatic carbocycles. The summed E-state index contributed by atoms with van der Waals surface area (Å²) in [5, 5.41) is 7.66. The Hall–Kier alpha value is 4.20. The van der Waals surface area contributed by atoms with Crippen LogP contribution in [0.2, 0.25) is 0 Å². The SMILES string of the molecule is SC(CC1CS1)C(CSCC1CS1)SC(C(S)CC1CS1)C(SCCSCC1CS1)C(S)CC1CS1. The van der Waals surface area contributed by atoms with Gasteiger partial charge in [-0.1, -0.05) is 0 Å². The minimum Gasteiger partial charge on any atom is -0.175 e. The summed E-state index contributed by atoms with van der Waals surface area (Å²) < 4.78 is 0. The van der Waals surface area contributed by atoms with Crippen LogP contribution in [0.1, 0.15) is 19.3 Å². The third-order valence-electron chi connectivity index (χ3n) is 6.80. The monoisotopic (exact) mass is 712 g/mol. The quantitative estimate of drug-likeness (QED) is 0.0583. The molecule has 12 heteroatoms. The smallest absolute Gasteiger partial charge is 0.0297 e. The molecule has 36 heavy (non-hydrogen) atoms. The lowest BCUT2D eigenvalue weighted by Gasteiger charge is -2.37. The molecular weight excluding hydrogens is 673 g/mol. The summed E-state index contributed by atoms with van der Waals surface area (Å²) in [5.41, 5.74) is 0. The van der Waals surface area contributed by atoms with E-state index >= 15 is 0 Å². The summed E-state index contributed by atoms with van der Waals surface area (Å²) in [4.78, 5) is 0. The van der Waals surface area contributed by atoms with Crippen LogP contribution in [0.4, 0.5) is 0 Å². The topological polar surface area (TPSA) is 0 Å². The molecule has 0 aromatic rings. The zero-order valence-electron chi connectivity index (χ0n) is 20.6. The molecule has 208 valence electrons. The average molecular weight is 713 g/mol. The molecule has 11 atom stereocenters. The molecule has 0 aromatic carbocycles. The molecule has 0 N–H and O–H groups in total. The number of rotatable bonds is 22. The summed E-state index contributed by atoms with van der Waals surface area (Å²) in [6.07, 6.45) is 3.82. The predicted molar refractivity (Wildman–Crippen MR) is 199 cm³/mol. The van der Waals surface area contributed by atoms with Crippen LogP contribution in [0, 0.1) is 0 Å². The van der Waals surface area contributed by atoms with Gasteiger partial charge in [-0.05, 0) is 19.3 Å². The van der Waals surface area contributed by atoms with E-state index < -0.39 is 0 Å². The third kappa shape index (κ3) is 12.4. The van der Waals surface area contributed by atoms with Crippen molar-refractivity contribution in [2.45, 2.75) is 77.0 Å². The summed E-state index contributed by atoms with van der Waals surface area (Å²) in [5.74, 6) is 13.3. The van der Waals surface area contributed by atoms with Crippen molar-refractivity contribution in [3.63, 3.8) is 0 Å². The number of hydrogen-bond acceptors (Lipinski definition) is 12. The Balaban J connectivity index is 1.23. The standard InChI is InChI=1S/C24H40S12/c25-19(3-14-8-31-14)22(13-29-7-18-12-35-18)36-24(21(27)5-16-10-33-16)23(20(26)4-15-9-32-15)30-2-1-28-6-17-11-34-17/h14-27H,1-13H2. The molecule has 5 rings (SSSR count). The molecule has 5 heterocycles. The van der Waals surface area contributed by atoms with Crippen molar-refractivity contribution in [2.24, 2.45) is 0 Å². The first-order valence-electron chi connectivity index (χ1n) is 13.1. The maximum atomic E-state index is 5.37. The van der Waals surface area contributed by atoms with Crippen molar-refractivity contribution in [3.8, 4) is 0 Å². The fraction of sp³-hybridized carbons (Fsp3) is 1.00. The number of hydrogen-bond donors (Lipinski definition) is 3. The lowest BCUT2D eigenvalue weighted by Crippen LogP contribution is -2.40. The first kappa shape index (κ1) is 31.6. The van der Waals surface area contributed by atoms with Gasteiger partial charge in [-0.25, -0.2) is 0 Å². The van der Waals surface area contributed by atoms with Crippen LogP contribution in [0.3, 0.4) is 0 Å². The Kier molecular flexibility index (Phi) is 14.3. The van der Waals surface area contributed by atoms with E-state index in [2.05, 4.69) is 106 Å². The van der Waals surface area contributed by atoms with Crippen molar-refractivity contribution >= 4 is 144 Å². The summed E-state index contributed by atoms with van der Waals surface area (Å²) in [6.45, 7) is 0. The maximum absolute atomic E-state index is 5.37. The molecular formula is C24H40S12. The molecule has 5 aliphatic heterocycles. The van der Waals surface area contributed by atoms with E-state index in [0.717, 1.165) is 26.2 Å². The van der Waals surface area contributed by atoms with Gasteiger partial charge in [0, 0.05) is 115 Å². The van der Waals surface area contributed by atoms with Crippen LogP contribution in [0.25, 0.3) is 0 Å². The molecule has 5 fully saturated rings. The third-order valence-corrected chi connectivity index (χ3v) is 20.6. The first-order chi connectivity index (χ1) is 17.5. The zero-order chi connectivity index (χ0) is 24.9. The molecule has 0 spiro atoms. The van der Waals surface area contributed by atoms with Crippen LogP contribution in [-0.4, -0.2) is 115 Å². The molecule has 11 unspecified atom stereocenters. The molecule has 5 aliphatic rings. The maximum Gasteiger partial charge on any atom is 0.0297 e. The van der Waals surface area contributed by atoms with Gasteiger partial charge in [0.05, 0.1) is 0 Å². The van der Waals surface area contributed by atoms with Gasteiger partial charge in [-0.2, -0.15) is 144 Å². The highest BCUT2D eigenvalue weighted by atomic mass is 32.2. The second-order valence-electron chi connectivity index (χ2n) is 10.3. The molecule has 0 nitrogen and oxygen atoms in total. The highest BCUT2D eigenvalue weighted by Gasteiger charge is 2.41. The highest BCUT2D eigenvalue weighted by molar-refractivity contribution is 8.10. The van der Waals surface area contributed by atoms with E-state index in [1.165, 1.54) is 76.8 Å². The largest absolute Gasteiger partial charge is 0.175 e. The highest BCUT2D eigenvalue weighted by Crippen LogP contribution is 2.47. The molecule has 0 bridgehead atoms. The second-order valence-corrected chi connectivity index (χ2v) is 23.9. The van der Waals surface area contributed by atoms with Crippen LogP contribution in [0.15, 0.2) is 0 Å². The fourth-order valence-corrected chi connectivity index (χ4v) is 16.7. The van der Waals surface area contributed by atoms with Crippen LogP contribution in [-0.2, 0) is 0 Å². The second kappa shape index (κ2) is 16.3. The van der Waals surface area contributed by atoms with Gasteiger partial charge < -0.3 is 0 Å². The molecule has 0 saturated carbocycles. The number of thioether (sulfide) groups is 9. The van der Waals surface area contributed by atoms with E-state index in [4.69, 9.17) is 37.9 Å². The fourth-order valence-electron chi connectivity index (χ4n) is 4.20. The lowest BCUT2D eigenvalue weighted by atomic mass is 10.1. The van der Waals surface area contributed by atoms with Crippen LogP contribution >= 0.6 is 144 Å². The summed E-state index contributed by atoms with van der Waals surface area (Å²) in [6, 6.07) is 0. The Labute approximate surface area is 275 Å². The Bertz CT molecular complexity index is 649. The molecule has 0 aromatic heterocycles. The minimum atomic E-state index is 0.465. The van der Waals surface area contributed by atoms with Crippen molar-refractivity contribution in [1.29, 1.82) is 0 Å². The van der Waals surface area contributed by atoms with Crippen LogP contribution < -0.4 is 0 Å². The Morgan fingerprint density at radius 3 is 1.58 bits per heavy atom. The van der Waals surface area contributed by atoms with E-state index in [1.807, 2.05) is 0 Å². The Morgan fingerprint density at radius 2 is 1.06 bits per heavy atom. The van der Waals surface area contributed by atoms with Gasteiger partial charge in [0.25, 0.3) is 0 Å². The zero-order valence-corrected chi connectivity index (χ0v) is 30.6. The van der Waals surface area contributed by atoms with Gasteiger partial charge in [0.2, 0.25) is 0 Å². The molecule has 0 amide bonds. The van der Waals surface area contributed by atoms with Crippen molar-refractivity contribution in [1.82, 2.24) is 0 Å². The van der Waals surface area contributed by atoms with Gasteiger partial charge >= 0.3 is 0 Å². The van der Waals surface area contributed by atoms with Gasteiger partial charge in [-0.15, -0.1) is 0 Å². The normalized spacial score (nSPS) is 34.9.